The number of hydrogen-bond acceptors (Lipinski definition) is 4. The van der Waals surface area contributed by atoms with Crippen LogP contribution in [-0.2, 0) is 14.6 Å². The van der Waals surface area contributed by atoms with Gasteiger partial charge in [0.2, 0.25) is 0 Å². The zero-order valence-electron chi connectivity index (χ0n) is 10.5. The molecule has 18 heavy (non-hydrogen) atoms. The van der Waals surface area contributed by atoms with E-state index in [9.17, 15) is 18.0 Å². The van der Waals surface area contributed by atoms with Gasteiger partial charge in [-0.25, -0.2) is 13.2 Å². The fraction of sp³-hybridized carbons (Fsp3) is 0.800. The van der Waals surface area contributed by atoms with Gasteiger partial charge in [-0.15, -0.1) is 0 Å². The molecule has 1 atom stereocenters. The van der Waals surface area contributed by atoms with Crippen LogP contribution in [0, 0.1) is 5.41 Å². The molecule has 1 heterocycles. The predicted octanol–water partition coefficient (Wildman–Crippen LogP) is -0.463. The number of sulfone groups is 1. The molecule has 0 radical (unpaired) electrons. The molecular weight excluding hydrogens is 260 g/mol. The van der Waals surface area contributed by atoms with Gasteiger partial charge >= 0.3 is 12.0 Å². The zero-order valence-corrected chi connectivity index (χ0v) is 11.3. The van der Waals surface area contributed by atoms with Crippen LogP contribution in [0.4, 0.5) is 4.79 Å². The van der Waals surface area contributed by atoms with Crippen molar-refractivity contribution in [3.63, 3.8) is 0 Å². The summed E-state index contributed by atoms with van der Waals surface area (Å²) in [5.41, 5.74) is -0.909. The average molecular weight is 278 g/mol. The molecule has 8 heteroatoms. The van der Waals surface area contributed by atoms with E-state index in [0.717, 1.165) is 6.26 Å². The lowest BCUT2D eigenvalue weighted by Gasteiger charge is -2.20. The van der Waals surface area contributed by atoms with Crippen molar-refractivity contribution in [1.82, 2.24) is 10.2 Å². The second kappa shape index (κ2) is 5.13. The summed E-state index contributed by atoms with van der Waals surface area (Å²) in [5, 5.41) is 11.5. The van der Waals surface area contributed by atoms with Crippen molar-refractivity contribution in [2.45, 2.75) is 13.3 Å². The number of carboxylic acids is 1. The first kappa shape index (κ1) is 14.7. The van der Waals surface area contributed by atoms with Gasteiger partial charge in [-0.1, -0.05) is 0 Å². The smallest absolute Gasteiger partial charge is 0.317 e. The van der Waals surface area contributed by atoms with E-state index in [2.05, 4.69) is 5.32 Å². The summed E-state index contributed by atoms with van der Waals surface area (Å²) >= 11 is 0. The van der Waals surface area contributed by atoms with E-state index in [1.54, 1.807) is 6.92 Å². The summed E-state index contributed by atoms with van der Waals surface area (Å²) in [6.07, 6.45) is 1.50. The summed E-state index contributed by atoms with van der Waals surface area (Å²) < 4.78 is 21.8. The van der Waals surface area contributed by atoms with E-state index in [-0.39, 0.29) is 18.8 Å². The molecule has 0 aromatic heterocycles. The van der Waals surface area contributed by atoms with Crippen LogP contribution in [-0.4, -0.2) is 62.1 Å². The topological polar surface area (TPSA) is 104 Å². The monoisotopic (exact) mass is 278 g/mol. The van der Waals surface area contributed by atoms with E-state index in [1.165, 1.54) is 4.90 Å². The minimum absolute atomic E-state index is 0.0396. The first-order chi connectivity index (χ1) is 8.14. The minimum Gasteiger partial charge on any atom is -0.481 e. The number of rotatable bonds is 4. The van der Waals surface area contributed by atoms with Crippen LogP contribution < -0.4 is 5.32 Å². The number of nitrogens with one attached hydrogen (secondary N) is 1. The highest BCUT2D eigenvalue weighted by Gasteiger charge is 2.42. The molecule has 1 saturated heterocycles. The third-order valence-electron chi connectivity index (χ3n) is 3.03. The molecule has 7 nitrogen and oxygen atoms in total. The molecule has 0 saturated carbocycles. The minimum atomic E-state index is -3.11. The quantitative estimate of drug-likeness (QED) is 0.724. The van der Waals surface area contributed by atoms with Crippen LogP contribution in [0.1, 0.15) is 13.3 Å². The Kier molecular flexibility index (Phi) is 4.20. The van der Waals surface area contributed by atoms with E-state index in [4.69, 9.17) is 5.11 Å². The highest BCUT2D eigenvalue weighted by atomic mass is 32.2. The number of amides is 2. The molecule has 1 fully saturated rings. The number of aliphatic carboxylic acids is 1. The number of carboxylic acid groups (broad SMARTS) is 1. The summed E-state index contributed by atoms with van der Waals surface area (Å²) in [5.74, 6) is -1.04. The summed E-state index contributed by atoms with van der Waals surface area (Å²) in [4.78, 5) is 24.1. The molecule has 1 aliphatic rings. The standard InChI is InChI=1S/C10H18N2O5S/c1-10(8(13)14)3-5-12(7-10)9(15)11-4-6-18(2,16)17/h3-7H2,1-2H3,(H,11,15)(H,13,14). The van der Waals surface area contributed by atoms with Crippen molar-refractivity contribution < 1.29 is 23.1 Å². The van der Waals surface area contributed by atoms with Crippen LogP contribution in [0.2, 0.25) is 0 Å². The maximum atomic E-state index is 11.7. The van der Waals surface area contributed by atoms with E-state index < -0.39 is 27.3 Å². The number of carbonyl (C=O) groups is 2. The lowest BCUT2D eigenvalue weighted by Crippen LogP contribution is -2.42. The van der Waals surface area contributed by atoms with Crippen LogP contribution in [0.25, 0.3) is 0 Å². The van der Waals surface area contributed by atoms with Crippen molar-refractivity contribution in [2.24, 2.45) is 5.41 Å². The molecule has 104 valence electrons. The first-order valence-electron chi connectivity index (χ1n) is 5.58. The van der Waals surface area contributed by atoms with Gasteiger partial charge < -0.3 is 15.3 Å². The highest BCUT2D eigenvalue weighted by Crippen LogP contribution is 2.29. The Bertz CT molecular complexity index is 447. The van der Waals surface area contributed by atoms with Gasteiger partial charge in [0, 0.05) is 25.9 Å². The third-order valence-corrected chi connectivity index (χ3v) is 3.97. The fourth-order valence-electron chi connectivity index (χ4n) is 1.76. The number of carbonyl (C=O) groups excluding carboxylic acids is 1. The molecule has 1 unspecified atom stereocenters. The van der Waals surface area contributed by atoms with Gasteiger partial charge in [-0.05, 0) is 13.3 Å². The Balaban J connectivity index is 2.44. The van der Waals surface area contributed by atoms with E-state index >= 15 is 0 Å². The van der Waals surface area contributed by atoms with Crippen molar-refractivity contribution in [3.05, 3.63) is 0 Å². The molecule has 0 bridgehead atoms. The molecule has 0 spiro atoms. The largest absolute Gasteiger partial charge is 0.481 e. The van der Waals surface area contributed by atoms with Crippen LogP contribution in [0.3, 0.4) is 0 Å². The Morgan fingerprint density at radius 3 is 2.50 bits per heavy atom. The van der Waals surface area contributed by atoms with E-state index in [1.807, 2.05) is 0 Å². The lowest BCUT2D eigenvalue weighted by atomic mass is 9.90. The van der Waals surface area contributed by atoms with Gasteiger partial charge in [0.05, 0.1) is 11.2 Å². The molecule has 2 amide bonds. The van der Waals surface area contributed by atoms with Crippen molar-refractivity contribution in [3.8, 4) is 0 Å². The van der Waals surface area contributed by atoms with Crippen LogP contribution in [0.5, 0.6) is 0 Å². The van der Waals surface area contributed by atoms with Gasteiger partial charge in [0.25, 0.3) is 0 Å². The zero-order chi connectivity index (χ0) is 14.0. The summed E-state index contributed by atoms with van der Waals surface area (Å²) in [7, 11) is -3.11. The molecule has 0 aliphatic carbocycles. The number of likely N-dealkylation sites (tertiary alicyclic amines) is 1. The Morgan fingerprint density at radius 1 is 1.44 bits per heavy atom. The van der Waals surface area contributed by atoms with Gasteiger partial charge in [-0.2, -0.15) is 0 Å². The molecule has 0 aromatic rings. The summed E-state index contributed by atoms with van der Waals surface area (Å²) in [6, 6.07) is -0.413. The molecule has 0 aromatic carbocycles. The first-order valence-corrected chi connectivity index (χ1v) is 7.64. The van der Waals surface area contributed by atoms with Gasteiger partial charge in [-0.3, -0.25) is 4.79 Å². The predicted molar refractivity (Wildman–Crippen MR) is 65.0 cm³/mol. The molecule has 1 aliphatic heterocycles. The third kappa shape index (κ3) is 3.86. The SMILES string of the molecule is CC1(C(=O)O)CCN(C(=O)NCCS(C)(=O)=O)C1. The Labute approximate surface area is 106 Å². The second-order valence-electron chi connectivity index (χ2n) is 4.90. The van der Waals surface area contributed by atoms with Crippen molar-refractivity contribution >= 4 is 21.8 Å². The number of urea groups is 1. The number of nitrogens with zero attached hydrogens (tertiary/aromatic N) is 1. The van der Waals surface area contributed by atoms with Crippen LogP contribution >= 0.6 is 0 Å². The lowest BCUT2D eigenvalue weighted by molar-refractivity contribution is -0.146. The molecule has 2 N–H and O–H groups in total. The van der Waals surface area contributed by atoms with Gasteiger partial charge in [0.1, 0.15) is 9.84 Å². The van der Waals surface area contributed by atoms with Crippen molar-refractivity contribution in [1.29, 1.82) is 0 Å². The molecular formula is C10H18N2O5S. The number of hydrogen-bond donors (Lipinski definition) is 2. The van der Waals surface area contributed by atoms with Crippen LogP contribution in [0.15, 0.2) is 0 Å². The van der Waals surface area contributed by atoms with Crippen molar-refractivity contribution in [2.75, 3.05) is 31.6 Å². The highest BCUT2D eigenvalue weighted by molar-refractivity contribution is 7.90. The molecule has 1 rings (SSSR count). The summed E-state index contributed by atoms with van der Waals surface area (Å²) in [6.45, 7) is 2.15. The second-order valence-corrected chi connectivity index (χ2v) is 7.16. The maximum absolute atomic E-state index is 11.7. The van der Waals surface area contributed by atoms with E-state index in [0.29, 0.717) is 13.0 Å². The maximum Gasteiger partial charge on any atom is 0.317 e. The fourth-order valence-corrected chi connectivity index (χ4v) is 2.24. The average Bonchev–Trinajstić information content (AvgIpc) is 2.60. The Hall–Kier alpha value is -1.31. The van der Waals surface area contributed by atoms with Gasteiger partial charge in [0.15, 0.2) is 0 Å². The normalized spacial score (nSPS) is 24.0. The Morgan fingerprint density at radius 2 is 2.06 bits per heavy atom.